The van der Waals surface area contributed by atoms with Gasteiger partial charge in [-0.3, -0.25) is 4.79 Å². The summed E-state index contributed by atoms with van der Waals surface area (Å²) in [6.45, 7) is 0.408. The Morgan fingerprint density at radius 3 is 2.81 bits per heavy atom. The van der Waals surface area contributed by atoms with E-state index in [0.717, 1.165) is 16.0 Å². The van der Waals surface area contributed by atoms with Crippen molar-refractivity contribution in [2.45, 2.75) is 18.9 Å². The van der Waals surface area contributed by atoms with Crippen molar-refractivity contribution in [3.05, 3.63) is 64.5 Å². The summed E-state index contributed by atoms with van der Waals surface area (Å²) >= 11 is 1.39. The van der Waals surface area contributed by atoms with E-state index in [4.69, 9.17) is 15.2 Å². The van der Waals surface area contributed by atoms with Crippen molar-refractivity contribution in [1.29, 1.82) is 0 Å². The van der Waals surface area contributed by atoms with E-state index in [1.54, 1.807) is 7.11 Å². The monoisotopic (exact) mass is 381 g/mol. The molecule has 138 valence electrons. The van der Waals surface area contributed by atoms with E-state index in [2.05, 4.69) is 10.3 Å². The third-order valence-electron chi connectivity index (χ3n) is 4.46. The van der Waals surface area contributed by atoms with Gasteiger partial charge in [-0.2, -0.15) is 0 Å². The van der Waals surface area contributed by atoms with Crippen LogP contribution in [0.4, 0.5) is 10.9 Å². The summed E-state index contributed by atoms with van der Waals surface area (Å²) in [4.78, 5) is 17.4. The van der Waals surface area contributed by atoms with Gasteiger partial charge in [0, 0.05) is 17.9 Å². The molecule has 0 saturated heterocycles. The summed E-state index contributed by atoms with van der Waals surface area (Å²) < 4.78 is 11.7. The van der Waals surface area contributed by atoms with Crippen LogP contribution in [0.15, 0.2) is 48.5 Å². The number of para-hydroxylation sites is 1. The number of carbonyl (C=O) groups is 1. The molecule has 7 heteroatoms. The van der Waals surface area contributed by atoms with Gasteiger partial charge in [0.2, 0.25) is 5.91 Å². The minimum absolute atomic E-state index is 0.0883. The summed E-state index contributed by atoms with van der Waals surface area (Å²) in [6, 6.07) is 15.6. The maximum Gasteiger partial charge on any atom is 0.226 e. The third kappa shape index (κ3) is 3.46. The molecular weight excluding hydrogens is 362 g/mol. The number of fused-ring (bicyclic) bond motifs is 1. The first-order chi connectivity index (χ1) is 13.2. The van der Waals surface area contributed by atoms with Gasteiger partial charge in [-0.1, -0.05) is 53.8 Å². The zero-order chi connectivity index (χ0) is 18.8. The summed E-state index contributed by atoms with van der Waals surface area (Å²) in [5, 5.41) is 3.23. The standard InChI is InChI=1S/C20H19N3O3S/c1-25-15-9-5-8-13(17(15)26-11-12-6-3-2-4-7-12)14-10-16(24)22-19-18(14)27-20(21)23-19/h2-9,14H,10-11H2,1H3,(H2,21,23)(H,22,24)/t14-/m1/s1. The molecule has 0 aliphatic carbocycles. The highest BCUT2D eigenvalue weighted by Crippen LogP contribution is 2.46. The van der Waals surface area contributed by atoms with E-state index in [9.17, 15) is 4.79 Å². The number of nitrogen functional groups attached to an aromatic ring is 1. The molecule has 0 unspecified atom stereocenters. The topological polar surface area (TPSA) is 86.5 Å². The van der Waals surface area contributed by atoms with Gasteiger partial charge in [0.25, 0.3) is 0 Å². The second kappa shape index (κ2) is 7.28. The molecule has 1 amide bonds. The Morgan fingerprint density at radius 1 is 1.22 bits per heavy atom. The van der Waals surface area contributed by atoms with Gasteiger partial charge in [0.1, 0.15) is 12.4 Å². The highest BCUT2D eigenvalue weighted by Gasteiger charge is 2.32. The number of thiazole rings is 1. The molecule has 6 nitrogen and oxygen atoms in total. The Bertz CT molecular complexity index is 972. The molecule has 27 heavy (non-hydrogen) atoms. The number of hydrogen-bond donors (Lipinski definition) is 2. The number of nitrogens with zero attached hydrogens (tertiary/aromatic N) is 1. The highest BCUT2D eigenvalue weighted by atomic mass is 32.1. The molecule has 0 saturated carbocycles. The fourth-order valence-corrected chi connectivity index (χ4v) is 4.15. The van der Waals surface area contributed by atoms with Crippen molar-refractivity contribution < 1.29 is 14.3 Å². The van der Waals surface area contributed by atoms with Crippen LogP contribution in [0.25, 0.3) is 0 Å². The van der Waals surface area contributed by atoms with Crippen LogP contribution < -0.4 is 20.5 Å². The lowest BCUT2D eigenvalue weighted by Gasteiger charge is -2.24. The maximum atomic E-state index is 12.2. The number of anilines is 2. The number of aromatic nitrogens is 1. The van der Waals surface area contributed by atoms with Crippen LogP contribution in [0.3, 0.4) is 0 Å². The SMILES string of the molecule is COc1cccc([C@H]2CC(=O)Nc3nc(N)sc32)c1OCc1ccccc1. The Kier molecular flexibility index (Phi) is 4.68. The van der Waals surface area contributed by atoms with Gasteiger partial charge in [-0.15, -0.1) is 0 Å². The van der Waals surface area contributed by atoms with Crippen molar-refractivity contribution in [3.8, 4) is 11.5 Å². The van der Waals surface area contributed by atoms with Crippen molar-refractivity contribution in [2.24, 2.45) is 0 Å². The van der Waals surface area contributed by atoms with Gasteiger partial charge in [-0.25, -0.2) is 4.98 Å². The van der Waals surface area contributed by atoms with E-state index in [0.29, 0.717) is 35.5 Å². The zero-order valence-corrected chi connectivity index (χ0v) is 15.6. The van der Waals surface area contributed by atoms with Gasteiger partial charge in [0.15, 0.2) is 16.6 Å². The molecule has 2 aromatic carbocycles. The van der Waals surface area contributed by atoms with Gasteiger partial charge >= 0.3 is 0 Å². The summed E-state index contributed by atoms with van der Waals surface area (Å²) in [5.41, 5.74) is 7.82. The van der Waals surface area contributed by atoms with E-state index >= 15 is 0 Å². The van der Waals surface area contributed by atoms with Crippen LogP contribution in [-0.4, -0.2) is 18.0 Å². The van der Waals surface area contributed by atoms with Crippen LogP contribution in [0.1, 0.15) is 28.3 Å². The molecule has 0 radical (unpaired) electrons. The molecule has 1 aliphatic rings. The number of nitrogens with two attached hydrogens (primary N) is 1. The molecule has 0 fully saturated rings. The molecule has 1 aliphatic heterocycles. The Hall–Kier alpha value is -3.06. The van der Waals surface area contributed by atoms with Crippen LogP contribution in [-0.2, 0) is 11.4 Å². The number of ether oxygens (including phenoxy) is 2. The van der Waals surface area contributed by atoms with Crippen molar-refractivity contribution >= 4 is 28.2 Å². The van der Waals surface area contributed by atoms with Crippen molar-refractivity contribution in [3.63, 3.8) is 0 Å². The van der Waals surface area contributed by atoms with E-state index in [1.807, 2.05) is 48.5 Å². The number of nitrogens with one attached hydrogen (secondary N) is 1. The molecule has 1 aromatic heterocycles. The first-order valence-corrected chi connectivity index (χ1v) is 9.37. The predicted octanol–water partition coefficient (Wildman–Crippen LogP) is 3.79. The van der Waals surface area contributed by atoms with Gasteiger partial charge in [-0.05, 0) is 11.6 Å². The fraction of sp³-hybridized carbons (Fsp3) is 0.200. The summed E-state index contributed by atoms with van der Waals surface area (Å²) in [5.74, 6) is 1.55. The molecule has 0 bridgehead atoms. The fourth-order valence-electron chi connectivity index (χ4n) is 3.24. The maximum absolute atomic E-state index is 12.2. The van der Waals surface area contributed by atoms with Gasteiger partial charge < -0.3 is 20.5 Å². The number of methoxy groups -OCH3 is 1. The lowest BCUT2D eigenvalue weighted by molar-refractivity contribution is -0.116. The highest BCUT2D eigenvalue weighted by molar-refractivity contribution is 7.16. The number of benzene rings is 2. The number of rotatable bonds is 5. The van der Waals surface area contributed by atoms with Crippen molar-refractivity contribution in [1.82, 2.24) is 4.98 Å². The van der Waals surface area contributed by atoms with Crippen LogP contribution >= 0.6 is 11.3 Å². The largest absolute Gasteiger partial charge is 0.493 e. The first kappa shape index (κ1) is 17.4. The second-order valence-electron chi connectivity index (χ2n) is 6.22. The molecule has 3 aromatic rings. The minimum Gasteiger partial charge on any atom is -0.493 e. The normalized spacial score (nSPS) is 15.7. The molecule has 2 heterocycles. The first-order valence-electron chi connectivity index (χ1n) is 8.55. The number of hydrogen-bond acceptors (Lipinski definition) is 6. The van der Waals surface area contributed by atoms with Crippen molar-refractivity contribution in [2.75, 3.05) is 18.2 Å². The number of carbonyl (C=O) groups excluding carboxylic acids is 1. The average molecular weight is 381 g/mol. The average Bonchev–Trinajstić information content (AvgIpc) is 3.06. The number of amides is 1. The van der Waals surface area contributed by atoms with E-state index in [-0.39, 0.29) is 11.8 Å². The van der Waals surface area contributed by atoms with Gasteiger partial charge in [0.05, 0.1) is 12.0 Å². The molecule has 0 spiro atoms. The second-order valence-corrected chi connectivity index (χ2v) is 7.28. The van der Waals surface area contributed by atoms with Crippen LogP contribution in [0.5, 0.6) is 11.5 Å². The Labute approximate surface area is 161 Å². The zero-order valence-electron chi connectivity index (χ0n) is 14.8. The molecule has 1 atom stereocenters. The van der Waals surface area contributed by atoms with E-state index < -0.39 is 0 Å². The molecule has 4 rings (SSSR count). The third-order valence-corrected chi connectivity index (χ3v) is 5.46. The predicted molar refractivity (Wildman–Crippen MR) is 105 cm³/mol. The Balaban J connectivity index is 1.73. The van der Waals surface area contributed by atoms with Crippen LogP contribution in [0.2, 0.25) is 0 Å². The lowest BCUT2D eigenvalue weighted by Crippen LogP contribution is -2.23. The lowest BCUT2D eigenvalue weighted by atomic mass is 9.90. The Morgan fingerprint density at radius 2 is 2.04 bits per heavy atom. The van der Waals surface area contributed by atoms with E-state index in [1.165, 1.54) is 11.3 Å². The molecular formula is C20H19N3O3S. The van der Waals surface area contributed by atoms with Crippen LogP contribution in [0, 0.1) is 0 Å². The smallest absolute Gasteiger partial charge is 0.226 e. The minimum atomic E-state index is -0.176. The summed E-state index contributed by atoms with van der Waals surface area (Å²) in [6.07, 6.45) is 0.309. The summed E-state index contributed by atoms with van der Waals surface area (Å²) in [7, 11) is 1.61. The molecule has 3 N–H and O–H groups in total. The quantitative estimate of drug-likeness (QED) is 0.702.